The Kier molecular flexibility index (Phi) is 5.49. The van der Waals surface area contributed by atoms with Crippen LogP contribution in [-0.2, 0) is 11.0 Å². The van der Waals surface area contributed by atoms with Gasteiger partial charge < -0.3 is 10.1 Å². The second kappa shape index (κ2) is 7.86. The number of dihydropyridines is 1. The highest BCUT2D eigenvalue weighted by Gasteiger charge is 2.32. The third-order valence-electron chi connectivity index (χ3n) is 3.96. The summed E-state index contributed by atoms with van der Waals surface area (Å²) in [6, 6.07) is 5.89. The molecule has 0 atom stereocenters. The molecule has 1 N–H and O–H groups in total. The minimum absolute atomic E-state index is 0.0438. The van der Waals surface area contributed by atoms with Gasteiger partial charge in [0.05, 0.1) is 16.8 Å². The van der Waals surface area contributed by atoms with E-state index in [1.807, 2.05) is 0 Å². The Balaban J connectivity index is 1.98. The van der Waals surface area contributed by atoms with E-state index in [1.165, 1.54) is 25.3 Å². The molecule has 0 bridgehead atoms. The predicted molar refractivity (Wildman–Crippen MR) is 96.6 cm³/mol. The van der Waals surface area contributed by atoms with Crippen molar-refractivity contribution in [2.45, 2.75) is 13.1 Å². The van der Waals surface area contributed by atoms with Crippen molar-refractivity contribution >= 4 is 17.9 Å². The second-order valence-corrected chi connectivity index (χ2v) is 6.21. The zero-order valence-electron chi connectivity index (χ0n) is 15.0. The summed E-state index contributed by atoms with van der Waals surface area (Å²) in [6.07, 6.45) is -2.22. The number of aryl methyl sites for hydroxylation is 1. The first-order chi connectivity index (χ1) is 13.6. The summed E-state index contributed by atoms with van der Waals surface area (Å²) in [5.41, 5.74) is -0.775. The number of ether oxygens (including phenoxy) is 1. The Labute approximate surface area is 162 Å². The first-order valence-corrected chi connectivity index (χ1v) is 8.34. The molecule has 29 heavy (non-hydrogen) atoms. The lowest BCUT2D eigenvalue weighted by molar-refractivity contribution is -0.137. The number of nitrogens with zero attached hydrogens (tertiary/aromatic N) is 1. The van der Waals surface area contributed by atoms with Gasteiger partial charge in [-0.3, -0.25) is 14.6 Å². The number of benzene rings is 2. The van der Waals surface area contributed by atoms with Crippen LogP contribution in [0.2, 0.25) is 0 Å². The fourth-order valence-corrected chi connectivity index (χ4v) is 2.57. The molecule has 0 unspecified atom stereocenters. The van der Waals surface area contributed by atoms with E-state index in [0.29, 0.717) is 11.6 Å². The molecule has 0 aromatic heterocycles. The lowest BCUT2D eigenvalue weighted by Crippen LogP contribution is -2.26. The Hall–Kier alpha value is -3.49. The lowest BCUT2D eigenvalue weighted by Gasteiger charge is -2.16. The molecular formula is C20H14F4N2O3. The van der Waals surface area contributed by atoms with Gasteiger partial charge in [-0.15, -0.1) is 0 Å². The molecule has 0 saturated carbocycles. The van der Waals surface area contributed by atoms with Gasteiger partial charge in [0.1, 0.15) is 23.9 Å². The van der Waals surface area contributed by atoms with Crippen molar-refractivity contribution < 1.29 is 31.9 Å². The molecule has 1 aliphatic rings. The smallest absolute Gasteiger partial charge is 0.416 e. The summed E-state index contributed by atoms with van der Waals surface area (Å²) in [7, 11) is 0. The average molecular weight is 406 g/mol. The van der Waals surface area contributed by atoms with E-state index in [4.69, 9.17) is 4.74 Å². The van der Waals surface area contributed by atoms with Gasteiger partial charge in [-0.1, -0.05) is 0 Å². The van der Waals surface area contributed by atoms with Crippen molar-refractivity contribution in [1.82, 2.24) is 5.32 Å². The molecule has 2 aromatic carbocycles. The van der Waals surface area contributed by atoms with Crippen molar-refractivity contribution in [3.8, 4) is 11.5 Å². The number of aliphatic imine (C=N–C) groups is 1. The molecule has 3 rings (SSSR count). The zero-order chi connectivity index (χ0) is 21.2. The maximum atomic E-state index is 13.3. The van der Waals surface area contributed by atoms with Gasteiger partial charge in [0.15, 0.2) is 5.78 Å². The maximum absolute atomic E-state index is 13.3. The van der Waals surface area contributed by atoms with Crippen molar-refractivity contribution in [2.24, 2.45) is 4.99 Å². The molecule has 5 nitrogen and oxygen atoms in total. The number of ketones is 1. The quantitative estimate of drug-likeness (QED) is 0.774. The van der Waals surface area contributed by atoms with Gasteiger partial charge in [0, 0.05) is 12.3 Å². The SMILES string of the molecule is Cc1cc(F)ccc1Oc1cc(C(F)(F)F)ccc1C(=O)NC1=CC(=O)CN=C1. The molecule has 1 aliphatic heterocycles. The van der Waals surface area contributed by atoms with Crippen LogP contribution in [0.15, 0.2) is 53.2 Å². The van der Waals surface area contributed by atoms with Gasteiger partial charge in [-0.25, -0.2) is 4.39 Å². The Morgan fingerprint density at radius 1 is 1.14 bits per heavy atom. The van der Waals surface area contributed by atoms with Gasteiger partial charge in [-0.2, -0.15) is 13.2 Å². The fourth-order valence-electron chi connectivity index (χ4n) is 2.57. The standard InChI is InChI=1S/C20H14F4N2O3/c1-11-6-13(21)3-5-17(11)29-18-7-12(20(22,23)24)2-4-16(18)19(28)26-14-8-15(27)10-25-9-14/h2-9H,10H2,1H3,(H,26,28). The minimum atomic E-state index is -4.66. The van der Waals surface area contributed by atoms with E-state index in [2.05, 4.69) is 10.3 Å². The number of hydrogen-bond donors (Lipinski definition) is 1. The molecule has 0 spiro atoms. The topological polar surface area (TPSA) is 67.8 Å². The van der Waals surface area contributed by atoms with Crippen molar-refractivity contribution in [2.75, 3.05) is 6.54 Å². The maximum Gasteiger partial charge on any atom is 0.416 e. The summed E-state index contributed by atoms with van der Waals surface area (Å²) in [5.74, 6) is -1.93. The van der Waals surface area contributed by atoms with Crippen LogP contribution < -0.4 is 10.1 Å². The molecule has 0 saturated heterocycles. The summed E-state index contributed by atoms with van der Waals surface area (Å²) < 4.78 is 58.2. The highest BCUT2D eigenvalue weighted by molar-refractivity contribution is 6.06. The van der Waals surface area contributed by atoms with Crippen LogP contribution in [0.5, 0.6) is 11.5 Å². The Bertz CT molecular complexity index is 1040. The number of carbonyl (C=O) groups excluding carboxylic acids is 2. The van der Waals surface area contributed by atoms with E-state index in [1.54, 1.807) is 0 Å². The van der Waals surface area contributed by atoms with Crippen LogP contribution in [0.3, 0.4) is 0 Å². The molecule has 0 fully saturated rings. The minimum Gasteiger partial charge on any atom is -0.456 e. The first kappa shape index (κ1) is 20.2. The van der Waals surface area contributed by atoms with Crippen molar-refractivity contribution in [3.05, 3.63) is 70.7 Å². The third kappa shape index (κ3) is 4.87. The van der Waals surface area contributed by atoms with Crippen LogP contribution in [0, 0.1) is 12.7 Å². The molecule has 9 heteroatoms. The number of nitrogens with one attached hydrogen (secondary N) is 1. The van der Waals surface area contributed by atoms with Crippen LogP contribution >= 0.6 is 0 Å². The van der Waals surface area contributed by atoms with Gasteiger partial charge in [0.2, 0.25) is 0 Å². The summed E-state index contributed by atoms with van der Waals surface area (Å²) in [6.45, 7) is 1.47. The van der Waals surface area contributed by atoms with E-state index < -0.39 is 23.5 Å². The van der Waals surface area contributed by atoms with Crippen molar-refractivity contribution in [3.63, 3.8) is 0 Å². The first-order valence-electron chi connectivity index (χ1n) is 8.34. The highest BCUT2D eigenvalue weighted by atomic mass is 19.4. The normalized spacial score (nSPS) is 13.8. The van der Waals surface area contributed by atoms with Gasteiger partial charge in [-0.05, 0) is 48.9 Å². The highest BCUT2D eigenvalue weighted by Crippen LogP contribution is 2.35. The number of rotatable bonds is 4. The Morgan fingerprint density at radius 2 is 1.90 bits per heavy atom. The average Bonchev–Trinajstić information content (AvgIpc) is 2.63. The van der Waals surface area contributed by atoms with Gasteiger partial charge >= 0.3 is 6.18 Å². The summed E-state index contributed by atoms with van der Waals surface area (Å²) in [5, 5.41) is 2.40. The second-order valence-electron chi connectivity index (χ2n) is 6.21. The monoisotopic (exact) mass is 406 g/mol. The van der Waals surface area contributed by atoms with E-state index in [0.717, 1.165) is 24.3 Å². The lowest BCUT2D eigenvalue weighted by atomic mass is 10.1. The van der Waals surface area contributed by atoms with E-state index in [9.17, 15) is 27.2 Å². The zero-order valence-corrected chi connectivity index (χ0v) is 15.0. The molecule has 1 heterocycles. The van der Waals surface area contributed by atoms with Crippen LogP contribution in [-0.4, -0.2) is 24.4 Å². The molecular weight excluding hydrogens is 392 g/mol. The molecule has 1 amide bonds. The number of allylic oxidation sites excluding steroid dienone is 1. The molecule has 0 radical (unpaired) electrons. The van der Waals surface area contributed by atoms with Crippen LogP contribution in [0.1, 0.15) is 21.5 Å². The molecule has 0 aliphatic carbocycles. The Morgan fingerprint density at radius 3 is 2.55 bits per heavy atom. The van der Waals surface area contributed by atoms with Crippen LogP contribution in [0.25, 0.3) is 0 Å². The van der Waals surface area contributed by atoms with Crippen molar-refractivity contribution in [1.29, 1.82) is 0 Å². The largest absolute Gasteiger partial charge is 0.456 e. The van der Waals surface area contributed by atoms with Crippen LogP contribution in [0.4, 0.5) is 17.6 Å². The van der Waals surface area contributed by atoms with E-state index in [-0.39, 0.29) is 35.1 Å². The number of carbonyl (C=O) groups is 2. The fraction of sp³-hybridized carbons (Fsp3) is 0.150. The third-order valence-corrected chi connectivity index (χ3v) is 3.96. The number of amides is 1. The number of alkyl halides is 3. The predicted octanol–water partition coefficient (Wildman–Crippen LogP) is 4.21. The summed E-state index contributed by atoms with van der Waals surface area (Å²) >= 11 is 0. The number of halogens is 4. The summed E-state index contributed by atoms with van der Waals surface area (Å²) in [4.78, 5) is 27.8. The molecule has 150 valence electrons. The number of hydrogen-bond acceptors (Lipinski definition) is 4. The van der Waals surface area contributed by atoms with Gasteiger partial charge in [0.25, 0.3) is 5.91 Å². The van der Waals surface area contributed by atoms with E-state index >= 15 is 0 Å². The molecule has 2 aromatic rings.